The fourth-order valence-corrected chi connectivity index (χ4v) is 2.50. The van der Waals surface area contributed by atoms with Crippen molar-refractivity contribution < 1.29 is 14.6 Å². The van der Waals surface area contributed by atoms with Gasteiger partial charge in [0.25, 0.3) is 0 Å². The molecule has 0 saturated carbocycles. The van der Waals surface area contributed by atoms with Crippen LogP contribution < -0.4 is 9.47 Å². The van der Waals surface area contributed by atoms with Gasteiger partial charge in [-0.3, -0.25) is 4.90 Å². The predicted molar refractivity (Wildman–Crippen MR) is 79.9 cm³/mol. The molecule has 0 heterocycles. The van der Waals surface area contributed by atoms with Gasteiger partial charge in [0.15, 0.2) is 0 Å². The fraction of sp³-hybridized carbons (Fsp3) is 0.571. The maximum atomic E-state index is 9.11. The Bertz CT molecular complexity index is 393. The Morgan fingerprint density at radius 3 is 2.37 bits per heavy atom. The first kappa shape index (κ1) is 16.3. The standard InChI is InChI=1S/C14H22BrNO3/c1-4-5-16(6-7-17)10-11-8-14(19-3)12(15)9-13(11)18-2/h8-9,17H,4-7,10H2,1-3H3. The van der Waals surface area contributed by atoms with Gasteiger partial charge in [0, 0.05) is 18.7 Å². The van der Waals surface area contributed by atoms with Crippen LogP contribution in [0.5, 0.6) is 11.5 Å². The van der Waals surface area contributed by atoms with Crippen LogP contribution in [0.25, 0.3) is 0 Å². The second-order valence-electron chi connectivity index (χ2n) is 4.30. The molecule has 1 N–H and O–H groups in total. The summed E-state index contributed by atoms with van der Waals surface area (Å²) >= 11 is 3.45. The van der Waals surface area contributed by atoms with Crippen LogP contribution in [0.1, 0.15) is 18.9 Å². The lowest BCUT2D eigenvalue weighted by molar-refractivity contribution is 0.189. The molecule has 4 nitrogen and oxygen atoms in total. The summed E-state index contributed by atoms with van der Waals surface area (Å²) in [6.45, 7) is 4.64. The number of hydrogen-bond donors (Lipinski definition) is 1. The highest BCUT2D eigenvalue weighted by molar-refractivity contribution is 9.10. The minimum absolute atomic E-state index is 0.163. The molecule has 1 aromatic carbocycles. The average molecular weight is 332 g/mol. The highest BCUT2D eigenvalue weighted by Crippen LogP contribution is 2.33. The van der Waals surface area contributed by atoms with Crippen molar-refractivity contribution in [3.63, 3.8) is 0 Å². The molecule has 5 heteroatoms. The lowest BCUT2D eigenvalue weighted by atomic mass is 10.1. The zero-order chi connectivity index (χ0) is 14.3. The molecule has 0 aliphatic rings. The van der Waals surface area contributed by atoms with E-state index in [2.05, 4.69) is 27.8 Å². The van der Waals surface area contributed by atoms with Gasteiger partial charge in [0.1, 0.15) is 11.5 Å². The van der Waals surface area contributed by atoms with Crippen LogP contribution in [0.4, 0.5) is 0 Å². The summed E-state index contributed by atoms with van der Waals surface area (Å²) in [7, 11) is 3.31. The molecule has 0 aliphatic carbocycles. The normalized spacial score (nSPS) is 10.8. The summed E-state index contributed by atoms with van der Waals surface area (Å²) in [5, 5.41) is 9.11. The van der Waals surface area contributed by atoms with Gasteiger partial charge in [-0.1, -0.05) is 6.92 Å². The van der Waals surface area contributed by atoms with E-state index in [1.165, 1.54) is 0 Å². The monoisotopic (exact) mass is 331 g/mol. The van der Waals surface area contributed by atoms with Crippen molar-refractivity contribution in [3.8, 4) is 11.5 Å². The number of methoxy groups -OCH3 is 2. The largest absolute Gasteiger partial charge is 0.496 e. The molecule has 0 aliphatic heterocycles. The Balaban J connectivity index is 2.96. The number of benzene rings is 1. The van der Waals surface area contributed by atoms with Gasteiger partial charge < -0.3 is 14.6 Å². The van der Waals surface area contributed by atoms with Gasteiger partial charge in [-0.25, -0.2) is 0 Å². The van der Waals surface area contributed by atoms with Crippen LogP contribution in [0.15, 0.2) is 16.6 Å². The second kappa shape index (κ2) is 8.40. The number of nitrogens with zero attached hydrogens (tertiary/aromatic N) is 1. The van der Waals surface area contributed by atoms with Gasteiger partial charge in [-0.15, -0.1) is 0 Å². The maximum Gasteiger partial charge on any atom is 0.133 e. The van der Waals surface area contributed by atoms with Crippen molar-refractivity contribution in [2.75, 3.05) is 33.9 Å². The van der Waals surface area contributed by atoms with E-state index in [0.717, 1.165) is 41.0 Å². The Labute approximate surface area is 123 Å². The van der Waals surface area contributed by atoms with E-state index >= 15 is 0 Å². The summed E-state index contributed by atoms with van der Waals surface area (Å²) in [6.07, 6.45) is 1.05. The first-order valence-electron chi connectivity index (χ1n) is 6.39. The van der Waals surface area contributed by atoms with Crippen molar-refractivity contribution in [2.45, 2.75) is 19.9 Å². The van der Waals surface area contributed by atoms with Gasteiger partial charge in [0.2, 0.25) is 0 Å². The SMILES string of the molecule is CCCN(CCO)Cc1cc(OC)c(Br)cc1OC. The number of ether oxygens (including phenoxy) is 2. The third-order valence-corrected chi connectivity index (χ3v) is 3.52. The summed E-state index contributed by atoms with van der Waals surface area (Å²) in [5.74, 6) is 1.61. The number of aliphatic hydroxyl groups excluding tert-OH is 1. The van der Waals surface area contributed by atoms with E-state index in [9.17, 15) is 0 Å². The second-order valence-corrected chi connectivity index (χ2v) is 5.15. The van der Waals surface area contributed by atoms with Crippen molar-refractivity contribution in [2.24, 2.45) is 0 Å². The Kier molecular flexibility index (Phi) is 7.20. The molecule has 19 heavy (non-hydrogen) atoms. The van der Waals surface area contributed by atoms with E-state index in [0.29, 0.717) is 6.54 Å². The molecule has 0 aromatic heterocycles. The number of rotatable bonds is 8. The summed E-state index contributed by atoms with van der Waals surface area (Å²) in [5.41, 5.74) is 1.06. The topological polar surface area (TPSA) is 41.9 Å². The molecule has 0 atom stereocenters. The molecule has 1 rings (SSSR count). The highest BCUT2D eigenvalue weighted by atomic mass is 79.9. The molecule has 0 unspecified atom stereocenters. The van der Waals surface area contributed by atoms with Gasteiger partial charge in [-0.2, -0.15) is 0 Å². The Hall–Kier alpha value is -0.780. The first-order chi connectivity index (χ1) is 9.15. The van der Waals surface area contributed by atoms with Crippen LogP contribution >= 0.6 is 15.9 Å². The summed E-state index contributed by atoms with van der Waals surface area (Å²) < 4.78 is 11.6. The van der Waals surface area contributed by atoms with Crippen LogP contribution in [-0.2, 0) is 6.54 Å². The zero-order valence-corrected chi connectivity index (χ0v) is 13.4. The van der Waals surface area contributed by atoms with Gasteiger partial charge in [-0.05, 0) is 41.0 Å². The minimum atomic E-state index is 0.163. The minimum Gasteiger partial charge on any atom is -0.496 e. The van der Waals surface area contributed by atoms with Crippen LogP contribution in [0.2, 0.25) is 0 Å². The predicted octanol–water partition coefficient (Wildman–Crippen LogP) is 2.67. The summed E-state index contributed by atoms with van der Waals surface area (Å²) in [6, 6.07) is 3.89. The molecule has 0 fully saturated rings. The first-order valence-corrected chi connectivity index (χ1v) is 7.19. The molecule has 108 valence electrons. The van der Waals surface area contributed by atoms with Crippen LogP contribution in [0, 0.1) is 0 Å². The van der Waals surface area contributed by atoms with E-state index < -0.39 is 0 Å². The molecule has 0 amide bonds. The van der Waals surface area contributed by atoms with Gasteiger partial charge in [0.05, 0.1) is 25.3 Å². The van der Waals surface area contributed by atoms with E-state index in [4.69, 9.17) is 14.6 Å². The lowest BCUT2D eigenvalue weighted by Crippen LogP contribution is -2.27. The quantitative estimate of drug-likeness (QED) is 0.795. The number of aliphatic hydroxyl groups is 1. The Morgan fingerprint density at radius 2 is 1.84 bits per heavy atom. The molecule has 0 spiro atoms. The zero-order valence-electron chi connectivity index (χ0n) is 11.8. The van der Waals surface area contributed by atoms with Crippen LogP contribution in [0.3, 0.4) is 0 Å². The third-order valence-electron chi connectivity index (χ3n) is 2.90. The molecular formula is C14H22BrNO3. The fourth-order valence-electron chi connectivity index (χ4n) is 2.02. The summed E-state index contributed by atoms with van der Waals surface area (Å²) in [4.78, 5) is 2.20. The van der Waals surface area contributed by atoms with E-state index in [1.807, 2.05) is 12.1 Å². The van der Waals surface area contributed by atoms with Crippen molar-refractivity contribution in [1.82, 2.24) is 4.90 Å². The van der Waals surface area contributed by atoms with Crippen LogP contribution in [-0.4, -0.2) is 43.9 Å². The number of hydrogen-bond acceptors (Lipinski definition) is 4. The van der Waals surface area contributed by atoms with Crippen molar-refractivity contribution in [3.05, 3.63) is 22.2 Å². The Morgan fingerprint density at radius 1 is 1.16 bits per heavy atom. The molecule has 1 aromatic rings. The molecule has 0 radical (unpaired) electrons. The lowest BCUT2D eigenvalue weighted by Gasteiger charge is -2.22. The smallest absolute Gasteiger partial charge is 0.133 e. The highest BCUT2D eigenvalue weighted by Gasteiger charge is 2.13. The van der Waals surface area contributed by atoms with Gasteiger partial charge >= 0.3 is 0 Å². The molecule has 0 saturated heterocycles. The van der Waals surface area contributed by atoms with E-state index in [-0.39, 0.29) is 6.61 Å². The number of halogens is 1. The van der Waals surface area contributed by atoms with Crippen molar-refractivity contribution >= 4 is 15.9 Å². The third kappa shape index (κ3) is 4.67. The van der Waals surface area contributed by atoms with E-state index in [1.54, 1.807) is 14.2 Å². The maximum absolute atomic E-state index is 9.11. The van der Waals surface area contributed by atoms with Crippen molar-refractivity contribution in [1.29, 1.82) is 0 Å². The molecular weight excluding hydrogens is 310 g/mol. The average Bonchev–Trinajstić information content (AvgIpc) is 2.40. The molecule has 0 bridgehead atoms.